The predicted octanol–water partition coefficient (Wildman–Crippen LogP) is 0.700. The molecule has 4 atom stereocenters. The molecular weight excluding hydrogens is 1070 g/mol. The van der Waals surface area contributed by atoms with Gasteiger partial charge in [-0.05, 0) is 80.2 Å². The summed E-state index contributed by atoms with van der Waals surface area (Å²) in [5.41, 5.74) is 1.82. The molecule has 24 nitrogen and oxygen atoms in total. The first-order chi connectivity index (χ1) is 39.4. The van der Waals surface area contributed by atoms with Gasteiger partial charge < -0.3 is 55.4 Å². The van der Waals surface area contributed by atoms with E-state index < -0.39 is 116 Å². The molecule has 2 aromatic heterocycles. The summed E-state index contributed by atoms with van der Waals surface area (Å²) < 4.78 is 32.7. The number of unbranched alkanes of at least 4 members (excludes halogenated alkanes) is 2. The van der Waals surface area contributed by atoms with Crippen molar-refractivity contribution in [3.8, 4) is 11.4 Å². The molecule has 25 heteroatoms. The Balaban J connectivity index is 0.741. The van der Waals surface area contributed by atoms with Crippen LogP contribution in [0.15, 0.2) is 59.4 Å². The molecule has 9 rings (SSSR count). The van der Waals surface area contributed by atoms with E-state index in [9.17, 15) is 57.8 Å². The van der Waals surface area contributed by atoms with Gasteiger partial charge in [-0.25, -0.2) is 14.2 Å². The van der Waals surface area contributed by atoms with Gasteiger partial charge in [-0.2, -0.15) is 0 Å². The summed E-state index contributed by atoms with van der Waals surface area (Å²) in [7, 11) is 0. The first kappa shape index (κ1) is 58.0. The summed E-state index contributed by atoms with van der Waals surface area (Å²) >= 11 is 0. The van der Waals surface area contributed by atoms with Gasteiger partial charge in [0.1, 0.15) is 44.4 Å². The number of pyridine rings is 2. The highest BCUT2D eigenvalue weighted by atomic mass is 19.1. The van der Waals surface area contributed by atoms with Crippen molar-refractivity contribution >= 4 is 70.1 Å². The molecule has 6 N–H and O–H groups in total. The zero-order valence-electron chi connectivity index (χ0n) is 45.2. The highest BCUT2D eigenvalue weighted by Gasteiger charge is 2.46. The topological polar surface area (TPSA) is 320 Å². The molecule has 0 saturated carbocycles. The monoisotopic (exact) mass is 1130 g/mol. The van der Waals surface area contributed by atoms with Gasteiger partial charge in [0.15, 0.2) is 12.2 Å². The molecule has 1 fully saturated rings. The second-order valence-corrected chi connectivity index (χ2v) is 20.7. The Labute approximate surface area is 468 Å². The van der Waals surface area contributed by atoms with Crippen molar-refractivity contribution in [2.75, 3.05) is 46.1 Å². The number of cyclic esters (lactones) is 1. The average Bonchev–Trinajstić information content (AvgIpc) is 3.29. The van der Waals surface area contributed by atoms with Crippen molar-refractivity contribution in [2.24, 2.45) is 0 Å². The van der Waals surface area contributed by atoms with E-state index in [2.05, 4.69) is 26.6 Å². The summed E-state index contributed by atoms with van der Waals surface area (Å²) in [6.07, 6.45) is 5.52. The van der Waals surface area contributed by atoms with Crippen LogP contribution in [-0.4, -0.2) is 142 Å². The van der Waals surface area contributed by atoms with E-state index in [1.54, 1.807) is 50.2 Å². The van der Waals surface area contributed by atoms with Gasteiger partial charge in [-0.3, -0.25) is 52.8 Å². The highest BCUT2D eigenvalue weighted by molar-refractivity contribution is 6.12. The smallest absolute Gasteiger partial charge is 0.343 e. The van der Waals surface area contributed by atoms with Crippen molar-refractivity contribution in [1.29, 1.82) is 0 Å². The fourth-order valence-corrected chi connectivity index (χ4v) is 11.1. The van der Waals surface area contributed by atoms with E-state index in [-0.39, 0.29) is 68.4 Å². The second-order valence-electron chi connectivity index (χ2n) is 20.7. The quantitative estimate of drug-likeness (QED) is 0.0227. The zero-order valence-corrected chi connectivity index (χ0v) is 45.2. The standard InChI is InChI=1S/C57H62FN9O15/c1-3-57(79)36-22-42-52-34(26-67(42)55(77)35(36)27-82-56(57)78)51-38(16-15-33-31(2)37(58)23-39(63-52)50(33)51)64-54(76)41-13-10-20-65(41)48(73)29-80-30-61-44(69)24-60-53(75)40(21-32-11-6-4-7-12-32)62-45(70)28-81-49(74)25-59-43(68)14-8-5-9-19-66-46(71)17-18-47(66)72/h4,6-7,11-12,17-18,22-23,38,40-41,79H,3,5,8-10,13-16,19-21,24-30H2,1-2H3,(H,59,68)(H,60,75)(H,61,69)(H,62,70)(H,64,76)/t38?,40-,41-,57-/m0/s1. The lowest BCUT2D eigenvalue weighted by Crippen LogP contribution is -2.51. The molecule has 2 aromatic carbocycles. The van der Waals surface area contributed by atoms with Crippen LogP contribution in [0.4, 0.5) is 4.39 Å². The van der Waals surface area contributed by atoms with Gasteiger partial charge in [0, 0.05) is 60.7 Å². The van der Waals surface area contributed by atoms with Crippen LogP contribution in [0.1, 0.15) is 103 Å². The van der Waals surface area contributed by atoms with Crippen LogP contribution in [0.3, 0.4) is 0 Å². The summed E-state index contributed by atoms with van der Waals surface area (Å²) in [5, 5.41) is 25.1. The normalized spacial score (nSPS) is 18.8. The molecule has 1 saturated heterocycles. The molecule has 0 bridgehead atoms. The minimum Gasteiger partial charge on any atom is -0.458 e. The largest absolute Gasteiger partial charge is 0.458 e. The number of benzene rings is 2. The Morgan fingerprint density at radius 2 is 1.66 bits per heavy atom. The fourth-order valence-electron chi connectivity index (χ4n) is 11.1. The number of hydrogen-bond acceptors (Lipinski definition) is 16. The van der Waals surface area contributed by atoms with E-state index in [4.69, 9.17) is 19.2 Å². The molecular formula is C57H62FN9O15. The van der Waals surface area contributed by atoms with Gasteiger partial charge in [0.25, 0.3) is 23.3 Å². The molecule has 4 aliphatic heterocycles. The van der Waals surface area contributed by atoms with Gasteiger partial charge in [0.05, 0.1) is 41.6 Å². The number of hydrogen-bond donors (Lipinski definition) is 6. The number of nitrogens with zero attached hydrogens (tertiary/aromatic N) is 4. The number of imide groups is 1. The fraction of sp³-hybridized carbons (Fsp3) is 0.439. The highest BCUT2D eigenvalue weighted by Crippen LogP contribution is 2.46. The van der Waals surface area contributed by atoms with E-state index >= 15 is 4.39 Å². The Morgan fingerprint density at radius 3 is 2.41 bits per heavy atom. The van der Waals surface area contributed by atoms with E-state index in [0.717, 1.165) is 10.5 Å². The Morgan fingerprint density at radius 1 is 0.890 bits per heavy atom. The van der Waals surface area contributed by atoms with Crippen molar-refractivity contribution < 1.29 is 71.7 Å². The molecule has 82 heavy (non-hydrogen) atoms. The maximum atomic E-state index is 15.5. The third kappa shape index (κ3) is 12.3. The number of esters is 2. The maximum Gasteiger partial charge on any atom is 0.343 e. The number of fused-ring (bicyclic) bond motifs is 5. The number of likely N-dealkylation sites (tertiary alicyclic amines) is 1. The number of nitrogens with one attached hydrogen (secondary N) is 5. The van der Waals surface area contributed by atoms with Crippen LogP contribution >= 0.6 is 0 Å². The van der Waals surface area contributed by atoms with Crippen LogP contribution in [0.5, 0.6) is 0 Å². The lowest BCUT2D eigenvalue weighted by molar-refractivity contribution is -0.172. The second kappa shape index (κ2) is 25.0. The zero-order chi connectivity index (χ0) is 58.4. The lowest BCUT2D eigenvalue weighted by atomic mass is 9.81. The predicted molar refractivity (Wildman–Crippen MR) is 286 cm³/mol. The molecule has 0 radical (unpaired) electrons. The minimum absolute atomic E-state index is 0.00319. The van der Waals surface area contributed by atoms with E-state index in [0.29, 0.717) is 89.5 Å². The van der Waals surface area contributed by atoms with Crippen LogP contribution in [0.25, 0.3) is 22.3 Å². The third-order valence-corrected chi connectivity index (χ3v) is 15.5. The van der Waals surface area contributed by atoms with Crippen molar-refractivity contribution in [3.05, 3.63) is 110 Å². The van der Waals surface area contributed by atoms with Crippen LogP contribution < -0.4 is 32.1 Å². The number of aryl methyl sites for hydroxylation is 1. The molecule has 8 amide bonds. The first-order valence-electron chi connectivity index (χ1n) is 27.2. The van der Waals surface area contributed by atoms with Crippen LogP contribution in [0.2, 0.25) is 0 Å². The number of aliphatic hydroxyl groups is 1. The van der Waals surface area contributed by atoms with Crippen molar-refractivity contribution in [3.63, 3.8) is 0 Å². The number of ether oxygens (including phenoxy) is 3. The number of carbonyl (C=O) groups excluding carboxylic acids is 10. The Kier molecular flexibility index (Phi) is 17.7. The van der Waals surface area contributed by atoms with E-state index in [1.165, 1.54) is 27.7 Å². The lowest BCUT2D eigenvalue weighted by Gasteiger charge is -2.32. The minimum atomic E-state index is -2.06. The molecule has 432 valence electrons. The number of halogens is 1. The summed E-state index contributed by atoms with van der Waals surface area (Å²) in [5.74, 6) is -6.69. The van der Waals surface area contributed by atoms with E-state index in [1.807, 2.05) is 0 Å². The first-order valence-corrected chi connectivity index (χ1v) is 27.2. The Hall–Kier alpha value is -8.71. The molecule has 4 aromatic rings. The summed E-state index contributed by atoms with van der Waals surface area (Å²) in [4.78, 5) is 149. The molecule has 5 aliphatic rings. The van der Waals surface area contributed by atoms with Crippen molar-refractivity contribution in [1.82, 2.24) is 45.9 Å². The maximum absolute atomic E-state index is 15.5. The molecule has 1 unspecified atom stereocenters. The summed E-state index contributed by atoms with van der Waals surface area (Å²) in [6.45, 7) is 0.690. The van der Waals surface area contributed by atoms with Gasteiger partial charge in [-0.15, -0.1) is 0 Å². The molecule has 1 aliphatic carbocycles. The van der Waals surface area contributed by atoms with Gasteiger partial charge in [0.2, 0.25) is 29.5 Å². The van der Waals surface area contributed by atoms with Gasteiger partial charge in [-0.1, -0.05) is 43.7 Å². The van der Waals surface area contributed by atoms with Gasteiger partial charge >= 0.3 is 11.9 Å². The molecule has 0 spiro atoms. The van der Waals surface area contributed by atoms with Crippen molar-refractivity contribution in [2.45, 2.75) is 115 Å². The molecule has 6 heterocycles. The number of aromatic nitrogens is 2. The number of rotatable bonds is 23. The van der Waals surface area contributed by atoms with Crippen LogP contribution in [0, 0.1) is 12.7 Å². The van der Waals surface area contributed by atoms with Crippen LogP contribution in [-0.2, 0) is 93.8 Å². The summed E-state index contributed by atoms with van der Waals surface area (Å²) in [6, 6.07) is 8.83. The third-order valence-electron chi connectivity index (χ3n) is 15.5. The SMILES string of the molecule is CC[C@@]1(O)C(=O)OCc2c1cc1n(c2=O)Cc2c-1nc1cc(F)c(C)c3c1c2C(NC(=O)[C@@H]1CCCN1C(=O)COCNC(=O)CNC(=O)[C@H](Cc1ccccc1)NC(=O)COC(=O)CNC(=O)CCCCCN1C(=O)C=CC1=O)CC3. The number of carbonyl (C=O) groups is 10. The number of amides is 8. The average molecular weight is 1130 g/mol. The Bertz CT molecular complexity index is 3370.